The van der Waals surface area contributed by atoms with Crippen molar-refractivity contribution in [3.8, 4) is 11.5 Å². The molecule has 1 amide bonds. The second-order valence-electron chi connectivity index (χ2n) is 4.60. The first-order valence-electron chi connectivity index (χ1n) is 6.04. The number of esters is 1. The Kier molecular flexibility index (Phi) is 4.69. The van der Waals surface area contributed by atoms with E-state index in [1.54, 1.807) is 18.2 Å². The van der Waals surface area contributed by atoms with Crippen LogP contribution in [0.5, 0.6) is 11.5 Å². The van der Waals surface area contributed by atoms with Gasteiger partial charge in [-0.2, -0.15) is 0 Å². The summed E-state index contributed by atoms with van der Waals surface area (Å²) in [6, 6.07) is 4.28. The Labute approximate surface area is 128 Å². The quantitative estimate of drug-likeness (QED) is 0.489. The number of hydrogen-bond acceptors (Lipinski definition) is 5. The van der Waals surface area contributed by atoms with Crippen LogP contribution in [0.2, 0.25) is 0 Å². The van der Waals surface area contributed by atoms with Crippen molar-refractivity contribution >= 4 is 11.9 Å². The van der Waals surface area contributed by atoms with Crippen LogP contribution in [0.25, 0.3) is 0 Å². The Bertz CT molecular complexity index is 531. The van der Waals surface area contributed by atoms with Crippen LogP contribution in [0.1, 0.15) is 24.2 Å². The van der Waals surface area contributed by atoms with Gasteiger partial charge in [-0.3, -0.25) is 0 Å². The summed E-state index contributed by atoms with van der Waals surface area (Å²) in [5.41, 5.74) is 0.424. The number of hydrogen-bond donors (Lipinski definition) is 1. The van der Waals surface area contributed by atoms with E-state index < -0.39 is 34.0 Å². The number of benzene rings is 1. The van der Waals surface area contributed by atoms with Gasteiger partial charge in [0, 0.05) is 0 Å². The molecule has 1 aliphatic rings. The minimum atomic E-state index is -0.767. The molecule has 1 atom stereocenters. The summed E-state index contributed by atoms with van der Waals surface area (Å²) in [6.45, 7) is 3.68. The molecule has 2 rings (SSSR count). The van der Waals surface area contributed by atoms with E-state index in [-0.39, 0.29) is 11.8 Å². The van der Waals surface area contributed by atoms with E-state index in [0.717, 1.165) is 0 Å². The molecular weight excluding hydrogens is 377 g/mol. The molecule has 0 fully saturated rings. The molecule has 0 aliphatic carbocycles. The third-order valence-corrected chi connectivity index (χ3v) is 4.15. The van der Waals surface area contributed by atoms with Crippen LogP contribution in [0.3, 0.4) is 0 Å². The molecule has 1 aromatic carbocycles. The molecule has 7 heteroatoms. The molecule has 0 unspecified atom stereocenters. The molecule has 6 nitrogen and oxygen atoms in total. The average Bonchev–Trinajstić information content (AvgIpc) is 2.90. The van der Waals surface area contributed by atoms with E-state index in [0.29, 0.717) is 17.1 Å². The molecule has 20 heavy (non-hydrogen) atoms. The van der Waals surface area contributed by atoms with Gasteiger partial charge in [0.2, 0.25) is 0 Å². The number of fused-ring (bicyclic) bond motifs is 1. The SMILES string of the molecule is COC(=O)[C@H](NC(=O)c1ccc2c(c1)O[I-]O2)C(C)C. The third-order valence-electron chi connectivity index (χ3n) is 2.84. The van der Waals surface area contributed by atoms with Gasteiger partial charge in [0.25, 0.3) is 0 Å². The maximum absolute atomic E-state index is 12.2. The van der Waals surface area contributed by atoms with Crippen molar-refractivity contribution in [2.75, 3.05) is 7.11 Å². The van der Waals surface area contributed by atoms with Crippen LogP contribution in [-0.4, -0.2) is 25.0 Å². The van der Waals surface area contributed by atoms with Crippen LogP contribution < -0.4 is 33.5 Å². The number of methoxy groups -OCH3 is 1. The Morgan fingerprint density at radius 1 is 1.25 bits per heavy atom. The molecular formula is C13H15INO5-. The second kappa shape index (κ2) is 6.29. The van der Waals surface area contributed by atoms with Gasteiger partial charge in [-0.05, 0) is 0 Å². The molecule has 0 radical (unpaired) electrons. The van der Waals surface area contributed by atoms with E-state index in [2.05, 4.69) is 5.32 Å². The molecule has 0 aromatic heterocycles. The van der Waals surface area contributed by atoms with Crippen molar-refractivity contribution in [2.45, 2.75) is 19.9 Å². The summed E-state index contributed by atoms with van der Waals surface area (Å²) >= 11 is -0.767. The standard InChI is InChI=1S/C13H15INO5/c1-7(2)11(13(17)18-3)15-12(16)8-4-5-9-10(6-8)20-14-19-9/h4-7,11H,1-3H3,(H,15,16)/q-1/t11-/m1/s1. The number of rotatable bonds is 4. The maximum atomic E-state index is 12.2. The van der Waals surface area contributed by atoms with Gasteiger partial charge < -0.3 is 0 Å². The molecule has 0 saturated carbocycles. The molecule has 0 bridgehead atoms. The molecule has 1 heterocycles. The topological polar surface area (TPSA) is 73.9 Å². The number of amides is 1. The number of nitrogens with one attached hydrogen (secondary N) is 1. The fourth-order valence-corrected chi connectivity index (χ4v) is 2.89. The summed E-state index contributed by atoms with van der Waals surface area (Å²) in [6.07, 6.45) is 0. The average molecular weight is 392 g/mol. The Morgan fingerprint density at radius 2 is 1.95 bits per heavy atom. The van der Waals surface area contributed by atoms with E-state index in [1.807, 2.05) is 13.8 Å². The number of carbonyl (C=O) groups is 2. The summed E-state index contributed by atoms with van der Waals surface area (Å²) in [7, 11) is 1.30. The van der Waals surface area contributed by atoms with Gasteiger partial charge in [-0.25, -0.2) is 0 Å². The predicted molar refractivity (Wildman–Crippen MR) is 65.8 cm³/mol. The van der Waals surface area contributed by atoms with Crippen LogP contribution in [0.15, 0.2) is 18.2 Å². The molecule has 110 valence electrons. The van der Waals surface area contributed by atoms with Crippen molar-refractivity contribution in [3.63, 3.8) is 0 Å². The summed E-state index contributed by atoms with van der Waals surface area (Å²) in [5, 5.41) is 2.67. The van der Waals surface area contributed by atoms with Gasteiger partial charge in [0.1, 0.15) is 0 Å². The zero-order chi connectivity index (χ0) is 14.7. The molecule has 0 spiro atoms. The van der Waals surface area contributed by atoms with E-state index in [4.69, 9.17) is 10.9 Å². The Balaban J connectivity index is 2.12. The van der Waals surface area contributed by atoms with Crippen LogP contribution in [0, 0.1) is 5.92 Å². The van der Waals surface area contributed by atoms with Crippen molar-refractivity contribution in [1.29, 1.82) is 0 Å². The van der Waals surface area contributed by atoms with E-state index in [9.17, 15) is 9.59 Å². The van der Waals surface area contributed by atoms with Crippen molar-refractivity contribution in [2.24, 2.45) is 5.92 Å². The fraction of sp³-hybridized carbons (Fsp3) is 0.385. The molecule has 1 N–H and O–H groups in total. The monoisotopic (exact) mass is 392 g/mol. The first-order chi connectivity index (χ1) is 9.52. The van der Waals surface area contributed by atoms with Gasteiger partial charge >= 0.3 is 128 Å². The number of carbonyl (C=O) groups excluding carboxylic acids is 2. The van der Waals surface area contributed by atoms with Crippen molar-refractivity contribution in [1.82, 2.24) is 5.32 Å². The van der Waals surface area contributed by atoms with Crippen LogP contribution >= 0.6 is 0 Å². The zero-order valence-corrected chi connectivity index (χ0v) is 13.5. The predicted octanol–water partition coefficient (Wildman–Crippen LogP) is -1.70. The molecule has 1 aromatic rings. The first kappa shape index (κ1) is 14.9. The zero-order valence-electron chi connectivity index (χ0n) is 11.3. The Morgan fingerprint density at radius 3 is 2.60 bits per heavy atom. The van der Waals surface area contributed by atoms with E-state index in [1.165, 1.54) is 7.11 Å². The molecule has 1 aliphatic heterocycles. The third kappa shape index (κ3) is 3.14. The Hall–Kier alpha value is -1.51. The normalized spacial score (nSPS) is 14.4. The summed E-state index contributed by atoms with van der Waals surface area (Å²) in [4.78, 5) is 23.8. The number of ether oxygens (including phenoxy) is 1. The fourth-order valence-electron chi connectivity index (χ4n) is 1.71. The minimum absolute atomic E-state index is 0.0636. The van der Waals surface area contributed by atoms with E-state index >= 15 is 0 Å². The van der Waals surface area contributed by atoms with Gasteiger partial charge in [-0.15, -0.1) is 0 Å². The first-order valence-corrected chi connectivity index (χ1v) is 7.80. The van der Waals surface area contributed by atoms with Crippen molar-refractivity contribution in [3.05, 3.63) is 23.8 Å². The summed E-state index contributed by atoms with van der Waals surface area (Å²) in [5.74, 6) is 0.365. The number of halogens is 1. The second-order valence-corrected chi connectivity index (χ2v) is 5.84. The van der Waals surface area contributed by atoms with Crippen molar-refractivity contribution < 1.29 is 42.5 Å². The van der Waals surface area contributed by atoms with Crippen LogP contribution in [-0.2, 0) is 9.53 Å². The van der Waals surface area contributed by atoms with Gasteiger partial charge in [-0.1, -0.05) is 0 Å². The van der Waals surface area contributed by atoms with Crippen LogP contribution in [0.4, 0.5) is 0 Å². The van der Waals surface area contributed by atoms with Gasteiger partial charge in [0.15, 0.2) is 0 Å². The molecule has 0 saturated heterocycles. The van der Waals surface area contributed by atoms with Gasteiger partial charge in [0.05, 0.1) is 0 Å². The summed E-state index contributed by atoms with van der Waals surface area (Å²) < 4.78 is 15.3.